The number of para-hydroxylation sites is 1. The summed E-state index contributed by atoms with van der Waals surface area (Å²) >= 11 is 6.00. The van der Waals surface area contributed by atoms with Crippen molar-refractivity contribution in [2.45, 2.75) is 18.2 Å². The molecule has 1 aliphatic rings. The first-order valence-corrected chi connectivity index (χ1v) is 6.36. The van der Waals surface area contributed by atoms with Crippen LogP contribution >= 0.6 is 11.6 Å². The van der Waals surface area contributed by atoms with Gasteiger partial charge in [-0.3, -0.25) is 4.79 Å². The number of halogens is 1. The Balaban J connectivity index is 2.18. The molecule has 1 amide bonds. The number of likely N-dealkylation sites (tertiary alicyclic amines) is 1. The second-order valence-corrected chi connectivity index (χ2v) is 4.94. The van der Waals surface area contributed by atoms with Crippen LogP contribution in [0.3, 0.4) is 0 Å². The number of carbonyl (C=O) groups is 1. The standard InChI is InChI=1S/C13H16ClNO3/c1-18-11-4-2-3-10(12(11)16)13(17)15-7-5-9(14)6-8-15/h2-4,9,16H,5-8H2,1H3. The van der Waals surface area contributed by atoms with Crippen molar-refractivity contribution in [3.63, 3.8) is 0 Å². The molecule has 2 rings (SSSR count). The molecule has 1 saturated heterocycles. The number of methoxy groups -OCH3 is 1. The Kier molecular flexibility index (Phi) is 3.97. The van der Waals surface area contributed by atoms with Crippen LogP contribution in [0.25, 0.3) is 0 Å². The lowest BCUT2D eigenvalue weighted by Crippen LogP contribution is -2.38. The second kappa shape index (κ2) is 5.48. The fourth-order valence-electron chi connectivity index (χ4n) is 2.08. The van der Waals surface area contributed by atoms with Crippen molar-refractivity contribution in [3.8, 4) is 11.5 Å². The number of carbonyl (C=O) groups excluding carboxylic acids is 1. The van der Waals surface area contributed by atoms with E-state index in [1.54, 1.807) is 23.1 Å². The van der Waals surface area contributed by atoms with Crippen molar-refractivity contribution in [1.29, 1.82) is 0 Å². The molecule has 1 aromatic rings. The molecule has 0 saturated carbocycles. The number of piperidine rings is 1. The maximum Gasteiger partial charge on any atom is 0.257 e. The molecule has 1 aromatic carbocycles. The number of phenolic OH excluding ortho intramolecular Hbond substituents is 1. The highest BCUT2D eigenvalue weighted by Gasteiger charge is 2.25. The summed E-state index contributed by atoms with van der Waals surface area (Å²) in [4.78, 5) is 14.0. The van der Waals surface area contributed by atoms with Gasteiger partial charge >= 0.3 is 0 Å². The van der Waals surface area contributed by atoms with E-state index in [0.717, 1.165) is 12.8 Å². The lowest BCUT2D eigenvalue weighted by atomic mass is 10.1. The number of aromatic hydroxyl groups is 1. The molecular weight excluding hydrogens is 254 g/mol. The predicted octanol–water partition coefficient (Wildman–Crippen LogP) is 2.24. The Morgan fingerprint density at radius 3 is 2.72 bits per heavy atom. The van der Waals surface area contributed by atoms with E-state index in [4.69, 9.17) is 16.3 Å². The molecule has 18 heavy (non-hydrogen) atoms. The van der Waals surface area contributed by atoms with Gasteiger partial charge in [0.15, 0.2) is 11.5 Å². The first kappa shape index (κ1) is 13.0. The van der Waals surface area contributed by atoms with Gasteiger partial charge in [0, 0.05) is 18.5 Å². The maximum absolute atomic E-state index is 12.3. The average Bonchev–Trinajstić information content (AvgIpc) is 2.39. The fraction of sp³-hybridized carbons (Fsp3) is 0.462. The minimum Gasteiger partial charge on any atom is -0.504 e. The van der Waals surface area contributed by atoms with Crippen molar-refractivity contribution < 1.29 is 14.6 Å². The molecule has 0 aliphatic carbocycles. The quantitative estimate of drug-likeness (QED) is 0.838. The monoisotopic (exact) mass is 269 g/mol. The van der Waals surface area contributed by atoms with E-state index in [0.29, 0.717) is 18.8 Å². The zero-order valence-corrected chi connectivity index (χ0v) is 11.0. The highest BCUT2D eigenvalue weighted by Crippen LogP contribution is 2.31. The number of rotatable bonds is 2. The number of hydrogen-bond acceptors (Lipinski definition) is 3. The van der Waals surface area contributed by atoms with Crippen LogP contribution in [0.4, 0.5) is 0 Å². The normalized spacial score (nSPS) is 16.7. The van der Waals surface area contributed by atoms with E-state index in [-0.39, 0.29) is 22.6 Å². The molecule has 4 nitrogen and oxygen atoms in total. The highest BCUT2D eigenvalue weighted by atomic mass is 35.5. The van der Waals surface area contributed by atoms with E-state index < -0.39 is 0 Å². The lowest BCUT2D eigenvalue weighted by molar-refractivity contribution is 0.0723. The Hall–Kier alpha value is -1.42. The lowest BCUT2D eigenvalue weighted by Gasteiger charge is -2.29. The minimum absolute atomic E-state index is 0.0991. The first-order chi connectivity index (χ1) is 8.63. The Morgan fingerprint density at radius 2 is 2.11 bits per heavy atom. The summed E-state index contributed by atoms with van der Waals surface area (Å²) in [7, 11) is 1.46. The van der Waals surface area contributed by atoms with Crippen LogP contribution < -0.4 is 4.74 Å². The van der Waals surface area contributed by atoms with Crippen molar-refractivity contribution in [2.24, 2.45) is 0 Å². The number of ether oxygens (including phenoxy) is 1. The Labute approximate surface area is 111 Å². The van der Waals surface area contributed by atoms with E-state index in [1.165, 1.54) is 7.11 Å². The number of hydrogen-bond donors (Lipinski definition) is 1. The maximum atomic E-state index is 12.3. The highest BCUT2D eigenvalue weighted by molar-refractivity contribution is 6.20. The van der Waals surface area contributed by atoms with Crippen molar-refractivity contribution in [3.05, 3.63) is 23.8 Å². The van der Waals surface area contributed by atoms with Crippen molar-refractivity contribution in [2.75, 3.05) is 20.2 Å². The van der Waals surface area contributed by atoms with E-state index in [1.807, 2.05) is 0 Å². The molecule has 1 N–H and O–H groups in total. The summed E-state index contributed by atoms with van der Waals surface area (Å²) < 4.78 is 5.00. The topological polar surface area (TPSA) is 49.8 Å². The largest absolute Gasteiger partial charge is 0.504 e. The van der Waals surface area contributed by atoms with Crippen LogP contribution in [0.15, 0.2) is 18.2 Å². The zero-order chi connectivity index (χ0) is 13.1. The summed E-state index contributed by atoms with van der Waals surface area (Å²) in [6, 6.07) is 4.92. The summed E-state index contributed by atoms with van der Waals surface area (Å²) in [5, 5.41) is 10.1. The summed E-state index contributed by atoms with van der Waals surface area (Å²) in [5.74, 6) is 0.0426. The SMILES string of the molecule is COc1cccc(C(=O)N2CCC(Cl)CC2)c1O. The third-order valence-corrected chi connectivity index (χ3v) is 3.60. The van der Waals surface area contributed by atoms with E-state index in [2.05, 4.69) is 0 Å². The number of alkyl halides is 1. The van der Waals surface area contributed by atoms with Gasteiger partial charge in [-0.25, -0.2) is 0 Å². The van der Waals surface area contributed by atoms with Crippen LogP contribution in [0.2, 0.25) is 0 Å². The average molecular weight is 270 g/mol. The Bertz CT molecular complexity index is 442. The molecule has 1 aliphatic heterocycles. The first-order valence-electron chi connectivity index (χ1n) is 5.92. The Morgan fingerprint density at radius 1 is 1.44 bits per heavy atom. The molecule has 1 fully saturated rings. The minimum atomic E-state index is -0.171. The van der Waals surface area contributed by atoms with Gasteiger partial charge in [-0.2, -0.15) is 0 Å². The van der Waals surface area contributed by atoms with Gasteiger partial charge in [0.2, 0.25) is 0 Å². The van der Waals surface area contributed by atoms with E-state index in [9.17, 15) is 9.90 Å². The molecule has 0 radical (unpaired) electrons. The number of phenols is 1. The number of benzene rings is 1. The zero-order valence-electron chi connectivity index (χ0n) is 10.2. The number of amides is 1. The van der Waals surface area contributed by atoms with Gasteiger partial charge in [0.25, 0.3) is 5.91 Å². The smallest absolute Gasteiger partial charge is 0.257 e. The van der Waals surface area contributed by atoms with Gasteiger partial charge in [-0.15, -0.1) is 11.6 Å². The van der Waals surface area contributed by atoms with Gasteiger partial charge in [0.1, 0.15) is 0 Å². The third-order valence-electron chi connectivity index (χ3n) is 3.16. The third kappa shape index (κ3) is 2.53. The van der Waals surface area contributed by atoms with Gasteiger partial charge in [0.05, 0.1) is 12.7 Å². The van der Waals surface area contributed by atoms with Crippen LogP contribution in [-0.2, 0) is 0 Å². The van der Waals surface area contributed by atoms with Crippen LogP contribution in [0.1, 0.15) is 23.2 Å². The second-order valence-electron chi connectivity index (χ2n) is 4.32. The summed E-state index contributed by atoms with van der Waals surface area (Å²) in [6.45, 7) is 1.26. The molecule has 0 aromatic heterocycles. The molecule has 0 spiro atoms. The molecular formula is C13H16ClNO3. The molecule has 1 heterocycles. The van der Waals surface area contributed by atoms with Gasteiger partial charge in [-0.1, -0.05) is 6.07 Å². The molecule has 0 bridgehead atoms. The van der Waals surface area contributed by atoms with Crippen molar-refractivity contribution in [1.82, 2.24) is 4.90 Å². The van der Waals surface area contributed by atoms with Crippen LogP contribution in [0, 0.1) is 0 Å². The van der Waals surface area contributed by atoms with Gasteiger partial charge in [-0.05, 0) is 25.0 Å². The molecule has 0 unspecified atom stereocenters. The van der Waals surface area contributed by atoms with Crippen LogP contribution in [-0.4, -0.2) is 41.5 Å². The van der Waals surface area contributed by atoms with Crippen LogP contribution in [0.5, 0.6) is 11.5 Å². The molecule has 0 atom stereocenters. The fourth-order valence-corrected chi connectivity index (χ4v) is 2.28. The van der Waals surface area contributed by atoms with E-state index >= 15 is 0 Å². The summed E-state index contributed by atoms with van der Waals surface area (Å²) in [5.41, 5.74) is 0.280. The van der Waals surface area contributed by atoms with Gasteiger partial charge < -0.3 is 14.7 Å². The molecule has 98 valence electrons. The van der Waals surface area contributed by atoms with Crippen molar-refractivity contribution >= 4 is 17.5 Å². The number of nitrogens with zero attached hydrogens (tertiary/aromatic N) is 1. The predicted molar refractivity (Wildman–Crippen MR) is 69.4 cm³/mol. The molecule has 5 heteroatoms. The summed E-state index contributed by atoms with van der Waals surface area (Å²) in [6.07, 6.45) is 1.58.